The topological polar surface area (TPSA) is 45.5 Å². The first-order valence-electron chi connectivity index (χ1n) is 6.85. The first-order chi connectivity index (χ1) is 9.38. The van der Waals surface area contributed by atoms with E-state index in [0.29, 0.717) is 31.5 Å². The monoisotopic (exact) mass is 286 g/mol. The van der Waals surface area contributed by atoms with E-state index in [1.54, 1.807) is 6.92 Å². The van der Waals surface area contributed by atoms with Crippen molar-refractivity contribution in [3.05, 3.63) is 23.5 Å². The van der Waals surface area contributed by atoms with Gasteiger partial charge in [0.25, 0.3) is 5.91 Å². The smallest absolute Gasteiger partial charge is 0.319 e. The number of nitrogens with zero attached hydrogens (tertiary/aromatic N) is 2. The Labute approximate surface area is 117 Å². The van der Waals surface area contributed by atoms with Crippen LogP contribution in [0.25, 0.3) is 0 Å². The van der Waals surface area contributed by atoms with Crippen LogP contribution in [0.5, 0.6) is 0 Å². The highest BCUT2D eigenvalue weighted by molar-refractivity contribution is 5.93. The first kappa shape index (κ1) is 15.0. The van der Waals surface area contributed by atoms with E-state index < -0.39 is 18.1 Å². The van der Waals surface area contributed by atoms with E-state index in [4.69, 9.17) is 0 Å². The largest absolute Gasteiger partial charge is 0.388 e. The normalized spacial score (nSPS) is 23.4. The zero-order valence-corrected chi connectivity index (χ0v) is 11.8. The number of rotatable bonds is 3. The maximum absolute atomic E-state index is 13.0. The summed E-state index contributed by atoms with van der Waals surface area (Å²) in [5, 5.41) is 10.3. The Balaban J connectivity index is 2.24. The molecule has 1 aliphatic heterocycles. The zero-order valence-electron chi connectivity index (χ0n) is 11.8. The lowest BCUT2D eigenvalue weighted by molar-refractivity contribution is -0.0278. The second-order valence-electron chi connectivity index (χ2n) is 5.42. The number of piperidine rings is 1. The summed E-state index contributed by atoms with van der Waals surface area (Å²) < 4.78 is 26.8. The molecule has 1 atom stereocenters. The van der Waals surface area contributed by atoms with Crippen molar-refractivity contribution in [1.82, 2.24) is 9.47 Å². The molecule has 6 heteroatoms. The highest BCUT2D eigenvalue weighted by Crippen LogP contribution is 2.27. The first-order valence-corrected chi connectivity index (χ1v) is 6.85. The number of aryl methyl sites for hydroxylation is 1. The maximum Gasteiger partial charge on any atom is 0.319 e. The molecule has 2 heterocycles. The van der Waals surface area contributed by atoms with E-state index in [0.717, 1.165) is 4.57 Å². The number of aromatic nitrogens is 1. The minimum atomic E-state index is -2.74. The van der Waals surface area contributed by atoms with Crippen LogP contribution in [0.2, 0.25) is 0 Å². The van der Waals surface area contributed by atoms with Gasteiger partial charge in [0.1, 0.15) is 5.69 Å². The molecule has 0 spiro atoms. The third kappa shape index (κ3) is 2.70. The van der Waals surface area contributed by atoms with Gasteiger partial charge in [-0.1, -0.05) is 6.92 Å². The Bertz CT molecular complexity index is 501. The van der Waals surface area contributed by atoms with Crippen LogP contribution in [-0.4, -0.2) is 39.2 Å². The number of hydrogen-bond acceptors (Lipinski definition) is 2. The van der Waals surface area contributed by atoms with Gasteiger partial charge < -0.3 is 10.0 Å². The van der Waals surface area contributed by atoms with Crippen LogP contribution in [0.15, 0.2) is 12.1 Å². The average molecular weight is 286 g/mol. The van der Waals surface area contributed by atoms with Gasteiger partial charge in [-0.25, -0.2) is 0 Å². The molecule has 2 rings (SSSR count). The molecule has 0 bridgehead atoms. The quantitative estimate of drug-likeness (QED) is 0.928. The number of β-amino-alcohol motifs (C(OH)–C–C–N with tert-alkyl or cyclic N) is 1. The molecule has 1 unspecified atom stereocenters. The minimum absolute atomic E-state index is 0.0159. The Morgan fingerprint density at radius 1 is 1.50 bits per heavy atom. The maximum atomic E-state index is 13.0. The third-order valence-electron chi connectivity index (χ3n) is 4.04. The number of alkyl halides is 2. The van der Waals surface area contributed by atoms with Gasteiger partial charge in [0.2, 0.25) is 0 Å². The molecule has 0 aliphatic carbocycles. The van der Waals surface area contributed by atoms with Crippen molar-refractivity contribution >= 4 is 5.91 Å². The average Bonchev–Trinajstić information content (AvgIpc) is 2.80. The Kier molecular flexibility index (Phi) is 4.13. The summed E-state index contributed by atoms with van der Waals surface area (Å²) in [5.41, 5.74) is -0.561. The van der Waals surface area contributed by atoms with E-state index in [2.05, 4.69) is 0 Å². The number of carbonyl (C=O) groups excluding carboxylic acids is 1. The SMILES string of the molecule is CCC1(O)CCCN(C(=O)c2ccc(C)n2C(F)F)C1. The van der Waals surface area contributed by atoms with Crippen LogP contribution in [0.1, 0.15) is 48.9 Å². The molecule has 0 saturated carbocycles. The predicted molar refractivity (Wildman–Crippen MR) is 70.8 cm³/mol. The van der Waals surface area contributed by atoms with Crippen molar-refractivity contribution in [2.75, 3.05) is 13.1 Å². The van der Waals surface area contributed by atoms with Crippen molar-refractivity contribution < 1.29 is 18.7 Å². The van der Waals surface area contributed by atoms with Gasteiger partial charge in [-0.2, -0.15) is 8.78 Å². The van der Waals surface area contributed by atoms with Crippen molar-refractivity contribution in [3.63, 3.8) is 0 Å². The molecule has 4 nitrogen and oxygen atoms in total. The molecule has 20 heavy (non-hydrogen) atoms. The summed E-state index contributed by atoms with van der Waals surface area (Å²) in [6, 6.07) is 2.93. The van der Waals surface area contributed by atoms with Gasteiger partial charge in [-0.15, -0.1) is 0 Å². The van der Waals surface area contributed by atoms with E-state index in [-0.39, 0.29) is 12.2 Å². The summed E-state index contributed by atoms with van der Waals surface area (Å²) in [4.78, 5) is 13.9. The van der Waals surface area contributed by atoms with E-state index in [1.165, 1.54) is 17.0 Å². The fourth-order valence-corrected chi connectivity index (χ4v) is 2.72. The number of aliphatic hydroxyl groups is 1. The van der Waals surface area contributed by atoms with E-state index in [1.807, 2.05) is 6.92 Å². The van der Waals surface area contributed by atoms with Crippen LogP contribution in [0.4, 0.5) is 8.78 Å². The molecule has 1 N–H and O–H groups in total. The standard InChI is InChI=1S/C14H20F2N2O2/c1-3-14(20)7-4-8-17(9-14)12(19)11-6-5-10(2)18(11)13(15)16/h5-6,13,20H,3-4,7-9H2,1-2H3. The third-order valence-corrected chi connectivity index (χ3v) is 4.04. The number of halogens is 2. The molecule has 112 valence electrons. The lowest BCUT2D eigenvalue weighted by Gasteiger charge is -2.38. The van der Waals surface area contributed by atoms with Crippen molar-refractivity contribution in [1.29, 1.82) is 0 Å². The molecule has 0 aromatic carbocycles. The molecule has 1 aromatic heterocycles. The van der Waals surface area contributed by atoms with Gasteiger partial charge in [-0.05, 0) is 38.3 Å². The van der Waals surface area contributed by atoms with Crippen molar-refractivity contribution in [2.45, 2.75) is 45.3 Å². The summed E-state index contributed by atoms with van der Waals surface area (Å²) >= 11 is 0. The lowest BCUT2D eigenvalue weighted by atomic mass is 9.90. The zero-order chi connectivity index (χ0) is 14.9. The summed E-state index contributed by atoms with van der Waals surface area (Å²) in [7, 11) is 0. The Morgan fingerprint density at radius 2 is 2.20 bits per heavy atom. The summed E-state index contributed by atoms with van der Waals surface area (Å²) in [5.74, 6) is -0.440. The molecule has 0 radical (unpaired) electrons. The molecule has 1 aromatic rings. The van der Waals surface area contributed by atoms with Gasteiger partial charge >= 0.3 is 6.55 Å². The fourth-order valence-electron chi connectivity index (χ4n) is 2.72. The van der Waals surface area contributed by atoms with Gasteiger partial charge in [0.05, 0.1) is 5.60 Å². The minimum Gasteiger partial charge on any atom is -0.388 e. The highest BCUT2D eigenvalue weighted by Gasteiger charge is 2.35. The second-order valence-corrected chi connectivity index (χ2v) is 5.42. The molecule has 1 aliphatic rings. The molecule has 1 fully saturated rings. The number of likely N-dealkylation sites (tertiary alicyclic amines) is 1. The van der Waals surface area contributed by atoms with E-state index in [9.17, 15) is 18.7 Å². The molecular weight excluding hydrogens is 266 g/mol. The lowest BCUT2D eigenvalue weighted by Crippen LogP contribution is -2.50. The fraction of sp³-hybridized carbons (Fsp3) is 0.643. The number of hydrogen-bond donors (Lipinski definition) is 1. The van der Waals surface area contributed by atoms with Crippen molar-refractivity contribution in [3.8, 4) is 0 Å². The van der Waals surface area contributed by atoms with Crippen LogP contribution in [0, 0.1) is 6.92 Å². The summed E-state index contributed by atoms with van der Waals surface area (Å²) in [6.07, 6.45) is 1.87. The summed E-state index contributed by atoms with van der Waals surface area (Å²) in [6.45, 7) is 1.37. The molecular formula is C14H20F2N2O2. The van der Waals surface area contributed by atoms with Crippen LogP contribution < -0.4 is 0 Å². The van der Waals surface area contributed by atoms with Crippen LogP contribution in [0.3, 0.4) is 0 Å². The molecule has 1 amide bonds. The van der Waals surface area contributed by atoms with Gasteiger partial charge in [-0.3, -0.25) is 9.36 Å². The molecule has 1 saturated heterocycles. The van der Waals surface area contributed by atoms with Crippen LogP contribution >= 0.6 is 0 Å². The number of carbonyl (C=O) groups is 1. The second kappa shape index (κ2) is 5.52. The van der Waals surface area contributed by atoms with Gasteiger partial charge in [0.15, 0.2) is 0 Å². The Hall–Kier alpha value is -1.43. The van der Waals surface area contributed by atoms with Crippen molar-refractivity contribution in [2.24, 2.45) is 0 Å². The predicted octanol–water partition coefficient (Wildman–Crippen LogP) is 2.57. The van der Waals surface area contributed by atoms with Crippen LogP contribution in [-0.2, 0) is 0 Å². The Morgan fingerprint density at radius 3 is 2.80 bits per heavy atom. The van der Waals surface area contributed by atoms with E-state index >= 15 is 0 Å². The van der Waals surface area contributed by atoms with Gasteiger partial charge in [0, 0.05) is 18.8 Å². The highest BCUT2D eigenvalue weighted by atomic mass is 19.3. The number of amides is 1.